The molecule has 0 aliphatic carbocycles. The van der Waals surface area contributed by atoms with Crippen LogP contribution in [0.15, 0.2) is 46.6 Å². The summed E-state index contributed by atoms with van der Waals surface area (Å²) in [5, 5.41) is 4.10. The quantitative estimate of drug-likeness (QED) is 0.632. The molecule has 0 spiro atoms. The van der Waals surface area contributed by atoms with Crippen LogP contribution in [-0.4, -0.2) is 50.0 Å². The fourth-order valence-electron chi connectivity index (χ4n) is 3.31. The largest absolute Gasteiger partial charge is 0.339 e. The molecule has 4 heterocycles. The summed E-state index contributed by atoms with van der Waals surface area (Å²) in [6, 6.07) is 3.57. The summed E-state index contributed by atoms with van der Waals surface area (Å²) in [5.74, 6) is 0.985. The highest BCUT2D eigenvalue weighted by Gasteiger charge is 2.36. The van der Waals surface area contributed by atoms with Crippen molar-refractivity contribution in [1.29, 1.82) is 0 Å². The summed E-state index contributed by atoms with van der Waals surface area (Å²) < 4.78 is 34.2. The van der Waals surface area contributed by atoms with Gasteiger partial charge in [0.2, 0.25) is 0 Å². The Labute approximate surface area is 157 Å². The molecule has 1 aliphatic rings. The SMILES string of the molecule is Cn1cnc(S(=O)(=O)N2CCCC2CCc2noc(-c3cccnc3)n2)c1. The minimum Gasteiger partial charge on any atom is -0.339 e. The standard InChI is InChI=1S/C17H20N6O3S/c1-22-11-16(19-12-22)27(24,25)23-9-3-5-14(23)6-7-15-20-17(26-21-15)13-4-2-8-18-10-13/h2,4,8,10-12,14H,3,5-7,9H2,1H3. The molecule has 0 aromatic carbocycles. The molecule has 0 amide bonds. The second-order valence-corrected chi connectivity index (χ2v) is 8.42. The van der Waals surface area contributed by atoms with Gasteiger partial charge in [-0.15, -0.1) is 0 Å². The van der Waals surface area contributed by atoms with Crippen molar-refractivity contribution in [3.8, 4) is 11.5 Å². The molecule has 1 fully saturated rings. The third-order valence-corrected chi connectivity index (χ3v) is 6.49. The Morgan fingerprint density at radius 2 is 2.26 bits per heavy atom. The molecule has 0 bridgehead atoms. The van der Waals surface area contributed by atoms with E-state index in [2.05, 4.69) is 20.1 Å². The number of nitrogens with zero attached hydrogens (tertiary/aromatic N) is 6. The third kappa shape index (κ3) is 3.62. The van der Waals surface area contributed by atoms with Gasteiger partial charge < -0.3 is 9.09 Å². The Bertz CT molecular complexity index is 1010. The monoisotopic (exact) mass is 388 g/mol. The molecule has 1 atom stereocenters. The molecule has 10 heteroatoms. The second-order valence-electron chi connectivity index (χ2n) is 6.59. The van der Waals surface area contributed by atoms with Crippen LogP contribution in [0.2, 0.25) is 0 Å². The number of pyridine rings is 1. The minimum atomic E-state index is -3.58. The van der Waals surface area contributed by atoms with E-state index < -0.39 is 10.0 Å². The van der Waals surface area contributed by atoms with Crippen molar-refractivity contribution < 1.29 is 12.9 Å². The summed E-state index contributed by atoms with van der Waals surface area (Å²) in [6.07, 6.45) is 9.21. The van der Waals surface area contributed by atoms with E-state index in [0.717, 1.165) is 18.4 Å². The van der Waals surface area contributed by atoms with Crippen molar-refractivity contribution in [3.05, 3.63) is 42.9 Å². The van der Waals surface area contributed by atoms with Crippen LogP contribution in [-0.2, 0) is 23.5 Å². The Balaban J connectivity index is 1.44. The summed E-state index contributed by atoms with van der Waals surface area (Å²) in [4.78, 5) is 12.4. The zero-order valence-electron chi connectivity index (χ0n) is 14.9. The fourth-order valence-corrected chi connectivity index (χ4v) is 5.01. The van der Waals surface area contributed by atoms with Crippen molar-refractivity contribution in [2.75, 3.05) is 6.54 Å². The molecule has 3 aromatic rings. The normalized spacial score (nSPS) is 18.2. The van der Waals surface area contributed by atoms with Crippen LogP contribution >= 0.6 is 0 Å². The molecule has 1 saturated heterocycles. The van der Waals surface area contributed by atoms with Crippen LogP contribution in [0.1, 0.15) is 25.1 Å². The predicted octanol–water partition coefficient (Wildman–Crippen LogP) is 1.65. The molecule has 4 rings (SSSR count). The van der Waals surface area contributed by atoms with Gasteiger partial charge in [0.05, 0.1) is 11.9 Å². The minimum absolute atomic E-state index is 0.0858. The molecule has 3 aromatic heterocycles. The zero-order chi connectivity index (χ0) is 18.9. The Hall–Kier alpha value is -2.59. The average Bonchev–Trinajstić information content (AvgIpc) is 3.41. The lowest BCUT2D eigenvalue weighted by atomic mass is 10.1. The van der Waals surface area contributed by atoms with Crippen molar-refractivity contribution in [1.82, 2.24) is 29.0 Å². The molecule has 1 unspecified atom stereocenters. The Kier molecular flexibility index (Phi) is 4.75. The first-order valence-electron chi connectivity index (χ1n) is 8.77. The molecule has 9 nitrogen and oxygen atoms in total. The number of aromatic nitrogens is 5. The van der Waals surface area contributed by atoms with Crippen LogP contribution in [0, 0.1) is 0 Å². The number of rotatable bonds is 6. The van der Waals surface area contributed by atoms with Crippen LogP contribution in [0.4, 0.5) is 0 Å². The first-order chi connectivity index (χ1) is 13.0. The van der Waals surface area contributed by atoms with E-state index in [1.54, 1.807) is 34.4 Å². The van der Waals surface area contributed by atoms with E-state index in [4.69, 9.17) is 4.52 Å². The highest BCUT2D eigenvalue weighted by molar-refractivity contribution is 7.89. The van der Waals surface area contributed by atoms with Crippen LogP contribution < -0.4 is 0 Å². The van der Waals surface area contributed by atoms with Gasteiger partial charge in [0.25, 0.3) is 15.9 Å². The first-order valence-corrected chi connectivity index (χ1v) is 10.2. The topological polar surface area (TPSA) is 107 Å². The highest BCUT2D eigenvalue weighted by Crippen LogP contribution is 2.28. The van der Waals surface area contributed by atoms with E-state index in [-0.39, 0.29) is 11.1 Å². The molecule has 0 saturated carbocycles. The van der Waals surface area contributed by atoms with E-state index in [9.17, 15) is 8.42 Å². The van der Waals surface area contributed by atoms with Crippen LogP contribution in [0.5, 0.6) is 0 Å². The van der Waals surface area contributed by atoms with Gasteiger partial charge >= 0.3 is 0 Å². The number of hydrogen-bond acceptors (Lipinski definition) is 7. The lowest BCUT2D eigenvalue weighted by Gasteiger charge is -2.22. The van der Waals surface area contributed by atoms with Gasteiger partial charge in [-0.05, 0) is 31.4 Å². The fraction of sp³-hybridized carbons (Fsp3) is 0.412. The maximum Gasteiger partial charge on any atom is 0.262 e. The molecule has 142 valence electrons. The maximum atomic E-state index is 12.9. The van der Waals surface area contributed by atoms with Gasteiger partial charge in [0.1, 0.15) is 0 Å². The smallest absolute Gasteiger partial charge is 0.262 e. The van der Waals surface area contributed by atoms with Crippen molar-refractivity contribution in [2.45, 2.75) is 36.8 Å². The molecule has 27 heavy (non-hydrogen) atoms. The zero-order valence-corrected chi connectivity index (χ0v) is 15.7. The predicted molar refractivity (Wildman–Crippen MR) is 96.0 cm³/mol. The number of aryl methyl sites for hydroxylation is 2. The average molecular weight is 388 g/mol. The van der Waals surface area contributed by atoms with Crippen LogP contribution in [0.25, 0.3) is 11.5 Å². The maximum absolute atomic E-state index is 12.9. The van der Waals surface area contributed by atoms with Gasteiger partial charge in [-0.3, -0.25) is 4.98 Å². The second kappa shape index (κ2) is 7.20. The summed E-state index contributed by atoms with van der Waals surface area (Å²) in [5.41, 5.74) is 0.761. The molecular formula is C17H20N6O3S. The molecule has 1 aliphatic heterocycles. The lowest BCUT2D eigenvalue weighted by Crippen LogP contribution is -2.36. The van der Waals surface area contributed by atoms with Crippen molar-refractivity contribution in [2.24, 2.45) is 7.05 Å². The highest BCUT2D eigenvalue weighted by atomic mass is 32.2. The van der Waals surface area contributed by atoms with E-state index >= 15 is 0 Å². The van der Waals surface area contributed by atoms with Gasteiger partial charge in [-0.2, -0.15) is 9.29 Å². The number of sulfonamides is 1. The van der Waals surface area contributed by atoms with Gasteiger partial charge in [0, 0.05) is 44.6 Å². The van der Waals surface area contributed by atoms with E-state index in [1.807, 2.05) is 6.07 Å². The van der Waals surface area contributed by atoms with Gasteiger partial charge in [-0.25, -0.2) is 13.4 Å². The third-order valence-electron chi connectivity index (χ3n) is 4.66. The van der Waals surface area contributed by atoms with E-state index in [1.165, 1.54) is 12.5 Å². The van der Waals surface area contributed by atoms with Crippen molar-refractivity contribution >= 4 is 10.0 Å². The van der Waals surface area contributed by atoms with E-state index in [0.29, 0.717) is 31.1 Å². The van der Waals surface area contributed by atoms with Crippen molar-refractivity contribution in [3.63, 3.8) is 0 Å². The Morgan fingerprint density at radius 1 is 1.37 bits per heavy atom. The molecule has 0 N–H and O–H groups in total. The summed E-state index contributed by atoms with van der Waals surface area (Å²) in [7, 11) is -1.83. The lowest BCUT2D eigenvalue weighted by molar-refractivity contribution is 0.363. The molecule has 0 radical (unpaired) electrons. The molecular weight excluding hydrogens is 368 g/mol. The summed E-state index contributed by atoms with van der Waals surface area (Å²) in [6.45, 7) is 0.511. The number of imidazole rings is 1. The van der Waals surface area contributed by atoms with Gasteiger partial charge in [0.15, 0.2) is 10.9 Å². The number of hydrogen-bond donors (Lipinski definition) is 0. The first kappa shape index (κ1) is 17.8. The summed E-state index contributed by atoms with van der Waals surface area (Å²) >= 11 is 0. The Morgan fingerprint density at radius 3 is 3.00 bits per heavy atom. The van der Waals surface area contributed by atoms with Crippen LogP contribution in [0.3, 0.4) is 0 Å². The van der Waals surface area contributed by atoms with Gasteiger partial charge in [-0.1, -0.05) is 5.16 Å².